The molecule has 0 aromatic heterocycles. The molecule has 0 bridgehead atoms. The van der Waals surface area contributed by atoms with Crippen LogP contribution in [0.15, 0.2) is 11.8 Å². The molecule has 0 aromatic carbocycles. The standard InChI is InChI=1S/C10H16O2/c1-11-9-6-7-4-3-5-8(7)10(9)12-2/h6-8,10H,3-5H2,1-2H3. The molecule has 2 aliphatic carbocycles. The highest BCUT2D eigenvalue weighted by molar-refractivity contribution is 5.16. The summed E-state index contributed by atoms with van der Waals surface area (Å²) in [6.07, 6.45) is 6.46. The predicted molar refractivity (Wildman–Crippen MR) is 46.7 cm³/mol. The molecule has 2 heteroatoms. The lowest BCUT2D eigenvalue weighted by atomic mass is 9.98. The number of ether oxygens (including phenoxy) is 2. The van der Waals surface area contributed by atoms with Crippen molar-refractivity contribution in [3.63, 3.8) is 0 Å². The molecule has 0 spiro atoms. The summed E-state index contributed by atoms with van der Waals surface area (Å²) in [7, 11) is 3.51. The fourth-order valence-electron chi connectivity index (χ4n) is 2.59. The Morgan fingerprint density at radius 1 is 1.33 bits per heavy atom. The van der Waals surface area contributed by atoms with Gasteiger partial charge in [-0.2, -0.15) is 0 Å². The molecule has 2 nitrogen and oxygen atoms in total. The molecular weight excluding hydrogens is 152 g/mol. The second-order valence-corrected chi connectivity index (χ2v) is 3.69. The summed E-state index contributed by atoms with van der Waals surface area (Å²) < 4.78 is 10.7. The summed E-state index contributed by atoms with van der Waals surface area (Å²) in [4.78, 5) is 0. The van der Waals surface area contributed by atoms with Crippen LogP contribution in [0.25, 0.3) is 0 Å². The van der Waals surface area contributed by atoms with Gasteiger partial charge in [0.05, 0.1) is 7.11 Å². The summed E-state index contributed by atoms with van der Waals surface area (Å²) in [5.74, 6) is 2.47. The van der Waals surface area contributed by atoms with E-state index in [-0.39, 0.29) is 6.10 Å². The van der Waals surface area contributed by atoms with E-state index in [0.717, 1.165) is 11.7 Å². The second-order valence-electron chi connectivity index (χ2n) is 3.69. The van der Waals surface area contributed by atoms with E-state index in [1.54, 1.807) is 14.2 Å². The molecule has 12 heavy (non-hydrogen) atoms. The van der Waals surface area contributed by atoms with Crippen molar-refractivity contribution in [2.45, 2.75) is 25.4 Å². The van der Waals surface area contributed by atoms with Gasteiger partial charge in [0.2, 0.25) is 0 Å². The van der Waals surface area contributed by atoms with Crippen molar-refractivity contribution >= 4 is 0 Å². The van der Waals surface area contributed by atoms with E-state index in [1.807, 2.05) is 0 Å². The number of hydrogen-bond donors (Lipinski definition) is 0. The number of hydrogen-bond acceptors (Lipinski definition) is 2. The summed E-state index contributed by atoms with van der Waals surface area (Å²) in [6.45, 7) is 0. The lowest BCUT2D eigenvalue weighted by Gasteiger charge is -2.19. The first kappa shape index (κ1) is 8.11. The minimum atomic E-state index is 0.238. The highest BCUT2D eigenvalue weighted by Crippen LogP contribution is 2.44. The van der Waals surface area contributed by atoms with Crippen LogP contribution in [0.3, 0.4) is 0 Å². The molecule has 0 aromatic rings. The SMILES string of the molecule is COC1=CC2CCCC2C1OC. The molecule has 2 aliphatic rings. The Labute approximate surface area is 73.5 Å². The highest BCUT2D eigenvalue weighted by Gasteiger charge is 2.40. The first-order chi connectivity index (χ1) is 5.86. The molecule has 0 saturated heterocycles. The van der Waals surface area contributed by atoms with E-state index in [1.165, 1.54) is 19.3 Å². The smallest absolute Gasteiger partial charge is 0.121 e. The van der Waals surface area contributed by atoms with Gasteiger partial charge < -0.3 is 9.47 Å². The quantitative estimate of drug-likeness (QED) is 0.627. The van der Waals surface area contributed by atoms with Crippen molar-refractivity contribution in [3.05, 3.63) is 11.8 Å². The highest BCUT2D eigenvalue weighted by atomic mass is 16.5. The topological polar surface area (TPSA) is 18.5 Å². The maximum absolute atomic E-state index is 5.44. The average Bonchev–Trinajstić information content (AvgIpc) is 2.61. The first-order valence-electron chi connectivity index (χ1n) is 4.65. The molecule has 0 amide bonds. The van der Waals surface area contributed by atoms with Crippen LogP contribution >= 0.6 is 0 Å². The van der Waals surface area contributed by atoms with Gasteiger partial charge in [-0.15, -0.1) is 0 Å². The minimum Gasteiger partial charge on any atom is -0.499 e. The van der Waals surface area contributed by atoms with Crippen LogP contribution in [-0.4, -0.2) is 20.3 Å². The number of allylic oxidation sites excluding steroid dienone is 1. The van der Waals surface area contributed by atoms with E-state index in [2.05, 4.69) is 6.08 Å². The number of methoxy groups -OCH3 is 2. The zero-order valence-corrected chi connectivity index (χ0v) is 7.75. The Morgan fingerprint density at radius 2 is 2.17 bits per heavy atom. The van der Waals surface area contributed by atoms with Gasteiger partial charge in [-0.3, -0.25) is 0 Å². The molecule has 3 atom stereocenters. The van der Waals surface area contributed by atoms with E-state index in [4.69, 9.17) is 9.47 Å². The van der Waals surface area contributed by atoms with Gasteiger partial charge in [-0.25, -0.2) is 0 Å². The van der Waals surface area contributed by atoms with E-state index >= 15 is 0 Å². The maximum Gasteiger partial charge on any atom is 0.121 e. The molecule has 0 heterocycles. The van der Waals surface area contributed by atoms with Gasteiger partial charge in [0.1, 0.15) is 11.9 Å². The normalized spacial score (nSPS) is 39.5. The average molecular weight is 168 g/mol. The molecule has 1 fully saturated rings. The Hall–Kier alpha value is -0.500. The van der Waals surface area contributed by atoms with Crippen LogP contribution in [0.5, 0.6) is 0 Å². The Kier molecular flexibility index (Phi) is 2.09. The Balaban J connectivity index is 2.15. The monoisotopic (exact) mass is 168 g/mol. The molecule has 68 valence electrons. The molecule has 0 N–H and O–H groups in total. The van der Waals surface area contributed by atoms with Crippen molar-refractivity contribution in [2.24, 2.45) is 11.8 Å². The summed E-state index contributed by atoms with van der Waals surface area (Å²) in [5, 5.41) is 0. The number of rotatable bonds is 2. The molecule has 0 aliphatic heterocycles. The summed E-state index contributed by atoms with van der Waals surface area (Å²) in [6, 6.07) is 0. The third-order valence-corrected chi connectivity index (χ3v) is 3.16. The van der Waals surface area contributed by atoms with Crippen molar-refractivity contribution in [1.82, 2.24) is 0 Å². The largest absolute Gasteiger partial charge is 0.499 e. The zero-order valence-electron chi connectivity index (χ0n) is 7.75. The van der Waals surface area contributed by atoms with Crippen LogP contribution in [0.1, 0.15) is 19.3 Å². The van der Waals surface area contributed by atoms with Crippen LogP contribution in [0.2, 0.25) is 0 Å². The molecule has 1 saturated carbocycles. The van der Waals surface area contributed by atoms with Gasteiger partial charge in [0, 0.05) is 7.11 Å². The van der Waals surface area contributed by atoms with E-state index in [0.29, 0.717) is 5.92 Å². The van der Waals surface area contributed by atoms with Crippen LogP contribution < -0.4 is 0 Å². The van der Waals surface area contributed by atoms with Crippen molar-refractivity contribution < 1.29 is 9.47 Å². The summed E-state index contributed by atoms with van der Waals surface area (Å²) >= 11 is 0. The van der Waals surface area contributed by atoms with Crippen LogP contribution in [-0.2, 0) is 9.47 Å². The third kappa shape index (κ3) is 1.06. The van der Waals surface area contributed by atoms with Crippen molar-refractivity contribution in [2.75, 3.05) is 14.2 Å². The maximum atomic E-state index is 5.44. The Morgan fingerprint density at radius 3 is 2.83 bits per heavy atom. The molecule has 0 radical (unpaired) electrons. The lowest BCUT2D eigenvalue weighted by Crippen LogP contribution is -2.21. The van der Waals surface area contributed by atoms with Crippen LogP contribution in [0.4, 0.5) is 0 Å². The van der Waals surface area contributed by atoms with E-state index in [9.17, 15) is 0 Å². The van der Waals surface area contributed by atoms with E-state index < -0.39 is 0 Å². The second kappa shape index (κ2) is 3.09. The van der Waals surface area contributed by atoms with Gasteiger partial charge in [0.15, 0.2) is 0 Å². The Bertz CT molecular complexity index is 198. The molecule has 2 rings (SSSR count). The predicted octanol–water partition coefficient (Wildman–Crippen LogP) is 1.96. The lowest BCUT2D eigenvalue weighted by molar-refractivity contribution is 0.0457. The van der Waals surface area contributed by atoms with Gasteiger partial charge in [-0.05, 0) is 30.8 Å². The zero-order chi connectivity index (χ0) is 8.55. The first-order valence-corrected chi connectivity index (χ1v) is 4.65. The third-order valence-electron chi connectivity index (χ3n) is 3.16. The fraction of sp³-hybridized carbons (Fsp3) is 0.800. The minimum absolute atomic E-state index is 0.238. The fourth-order valence-corrected chi connectivity index (χ4v) is 2.59. The van der Waals surface area contributed by atoms with Gasteiger partial charge in [-0.1, -0.05) is 6.42 Å². The molecular formula is C10H16O2. The number of fused-ring (bicyclic) bond motifs is 1. The van der Waals surface area contributed by atoms with Crippen molar-refractivity contribution in [1.29, 1.82) is 0 Å². The van der Waals surface area contributed by atoms with Crippen molar-refractivity contribution in [3.8, 4) is 0 Å². The molecule has 3 unspecified atom stereocenters. The van der Waals surface area contributed by atoms with Gasteiger partial charge >= 0.3 is 0 Å². The van der Waals surface area contributed by atoms with Gasteiger partial charge in [0.25, 0.3) is 0 Å². The summed E-state index contributed by atoms with van der Waals surface area (Å²) in [5.41, 5.74) is 0. The van der Waals surface area contributed by atoms with Crippen LogP contribution in [0, 0.1) is 11.8 Å².